The van der Waals surface area contributed by atoms with E-state index in [1.165, 1.54) is 0 Å². The third-order valence-electron chi connectivity index (χ3n) is 8.52. The van der Waals surface area contributed by atoms with E-state index < -0.39 is 0 Å². The van der Waals surface area contributed by atoms with E-state index in [0.717, 1.165) is 48.2 Å². The monoisotopic (exact) mass is 700 g/mol. The van der Waals surface area contributed by atoms with Gasteiger partial charge in [-0.1, -0.05) is 35.3 Å². The average molecular weight is 702 g/mol. The summed E-state index contributed by atoms with van der Waals surface area (Å²) >= 11 is 12.6. The Kier molecular flexibility index (Phi) is 13.5. The molecule has 48 heavy (non-hydrogen) atoms. The molecular formula is C37H46Cl2N2O7. The van der Waals surface area contributed by atoms with E-state index in [1.807, 2.05) is 49.4 Å². The van der Waals surface area contributed by atoms with Crippen LogP contribution in [0.4, 0.5) is 0 Å². The number of carbonyl (C=O) groups excluding carboxylic acids is 1. The Morgan fingerprint density at radius 1 is 0.771 bits per heavy atom. The summed E-state index contributed by atoms with van der Waals surface area (Å²) in [6.45, 7) is 6.36. The molecule has 1 unspecified atom stereocenters. The molecule has 9 nitrogen and oxygen atoms in total. The maximum absolute atomic E-state index is 14.3. The molecule has 1 aliphatic heterocycles. The fourth-order valence-electron chi connectivity index (χ4n) is 6.01. The second-order valence-electron chi connectivity index (χ2n) is 12.2. The van der Waals surface area contributed by atoms with Gasteiger partial charge in [0.2, 0.25) is 5.91 Å². The Bertz CT molecular complexity index is 1430. The number of methoxy groups -OCH3 is 2. The number of hydrogen-bond donors (Lipinski definition) is 1. The van der Waals surface area contributed by atoms with Crippen LogP contribution in [0.2, 0.25) is 10.0 Å². The summed E-state index contributed by atoms with van der Waals surface area (Å²) in [5, 5.41) is 4.43. The van der Waals surface area contributed by atoms with Gasteiger partial charge in [0, 0.05) is 39.4 Å². The number of benzene rings is 3. The Balaban J connectivity index is 1.23. The highest BCUT2D eigenvalue weighted by Gasteiger charge is 2.40. The highest BCUT2D eigenvalue weighted by Crippen LogP contribution is 2.38. The van der Waals surface area contributed by atoms with Crippen molar-refractivity contribution in [3.05, 3.63) is 81.3 Å². The van der Waals surface area contributed by atoms with Gasteiger partial charge >= 0.3 is 0 Å². The third kappa shape index (κ3) is 10.2. The van der Waals surface area contributed by atoms with E-state index in [9.17, 15) is 4.79 Å². The molecule has 11 heteroatoms. The molecule has 5 rings (SSSR count). The van der Waals surface area contributed by atoms with Gasteiger partial charge in [0.1, 0.15) is 43.7 Å². The second-order valence-corrected chi connectivity index (χ2v) is 13.0. The second kappa shape index (κ2) is 18.0. The highest BCUT2D eigenvalue weighted by atomic mass is 35.5. The smallest absolute Gasteiger partial charge is 0.228 e. The molecule has 3 aromatic rings. The van der Waals surface area contributed by atoms with Crippen molar-refractivity contribution in [3.63, 3.8) is 0 Å². The largest absolute Gasteiger partial charge is 0.491 e. The number of halogens is 2. The van der Waals surface area contributed by atoms with Gasteiger partial charge < -0.3 is 38.6 Å². The van der Waals surface area contributed by atoms with Crippen LogP contribution in [0.1, 0.15) is 41.9 Å². The van der Waals surface area contributed by atoms with Crippen LogP contribution in [-0.4, -0.2) is 83.8 Å². The van der Waals surface area contributed by atoms with Gasteiger partial charge in [0.25, 0.3) is 0 Å². The summed E-state index contributed by atoms with van der Waals surface area (Å²) in [6, 6.07) is 17.8. The minimum atomic E-state index is -0.179. The van der Waals surface area contributed by atoms with Gasteiger partial charge in [-0.15, -0.1) is 0 Å². The molecule has 0 radical (unpaired) electrons. The standard InChI is InChI=1S/C37H46Cl2N2O7/c1-25-18-34(38)36(35(39)19-25)48-17-16-45-29-8-4-27(5-9-29)32-10-11-40-23-33(32)37(42)41(28-6-7-28)24-26-20-30(46-14-12-43-2)22-31(21-26)47-15-13-44-3/h4-5,8-9,18-22,28,32-33,40H,6-7,10-17,23-24H2,1-3H3/t32-,33?/m1/s1. The van der Waals surface area contributed by atoms with Gasteiger partial charge in [-0.05, 0) is 91.7 Å². The topological polar surface area (TPSA) is 87.7 Å². The Labute approximate surface area is 293 Å². The number of hydrogen-bond acceptors (Lipinski definition) is 8. The molecule has 2 fully saturated rings. The molecule has 0 bridgehead atoms. The van der Waals surface area contributed by atoms with Crippen molar-refractivity contribution in [2.75, 3.05) is 67.0 Å². The zero-order chi connectivity index (χ0) is 33.9. The molecule has 2 atom stereocenters. The Morgan fingerprint density at radius 2 is 1.35 bits per heavy atom. The van der Waals surface area contributed by atoms with E-state index in [-0.39, 0.29) is 23.8 Å². The van der Waals surface area contributed by atoms with Crippen LogP contribution in [0.15, 0.2) is 54.6 Å². The van der Waals surface area contributed by atoms with Crippen LogP contribution < -0.4 is 24.3 Å². The summed E-state index contributed by atoms with van der Waals surface area (Å²) in [6.07, 6.45) is 2.90. The summed E-state index contributed by atoms with van der Waals surface area (Å²) in [7, 11) is 3.29. The van der Waals surface area contributed by atoms with Crippen LogP contribution >= 0.6 is 23.2 Å². The number of nitrogens with one attached hydrogen (secondary N) is 1. The Morgan fingerprint density at radius 3 is 1.96 bits per heavy atom. The highest BCUT2D eigenvalue weighted by molar-refractivity contribution is 6.37. The van der Waals surface area contributed by atoms with Crippen molar-refractivity contribution in [1.82, 2.24) is 10.2 Å². The van der Waals surface area contributed by atoms with Crippen LogP contribution in [0.5, 0.6) is 23.0 Å². The minimum Gasteiger partial charge on any atom is -0.491 e. The molecule has 2 aliphatic rings. The lowest BCUT2D eigenvalue weighted by Gasteiger charge is -2.36. The molecular weight excluding hydrogens is 655 g/mol. The lowest BCUT2D eigenvalue weighted by molar-refractivity contribution is -0.138. The molecule has 0 spiro atoms. The summed E-state index contributed by atoms with van der Waals surface area (Å²) in [4.78, 5) is 16.4. The van der Waals surface area contributed by atoms with Crippen LogP contribution in [0, 0.1) is 12.8 Å². The van der Waals surface area contributed by atoms with Gasteiger partial charge in [-0.2, -0.15) is 0 Å². The first-order valence-electron chi connectivity index (χ1n) is 16.6. The van der Waals surface area contributed by atoms with Gasteiger partial charge in [-0.3, -0.25) is 4.79 Å². The normalized spacial score (nSPS) is 17.5. The molecule has 1 amide bonds. The molecule has 1 aliphatic carbocycles. The third-order valence-corrected chi connectivity index (χ3v) is 9.09. The van der Waals surface area contributed by atoms with Crippen molar-refractivity contribution in [2.24, 2.45) is 5.92 Å². The maximum atomic E-state index is 14.3. The predicted octanol–water partition coefficient (Wildman–Crippen LogP) is 6.69. The number of nitrogens with zero attached hydrogens (tertiary/aromatic N) is 1. The first kappa shape index (κ1) is 36.1. The van der Waals surface area contributed by atoms with Crippen molar-refractivity contribution in [3.8, 4) is 23.0 Å². The van der Waals surface area contributed by atoms with Gasteiger partial charge in [0.15, 0.2) is 5.75 Å². The quantitative estimate of drug-likeness (QED) is 0.147. The van der Waals surface area contributed by atoms with Crippen molar-refractivity contribution in [1.29, 1.82) is 0 Å². The average Bonchev–Trinajstić information content (AvgIpc) is 3.92. The lowest BCUT2D eigenvalue weighted by Crippen LogP contribution is -2.47. The SMILES string of the molecule is COCCOc1cc(CN(C(=O)C2CNCC[C@@H]2c2ccc(OCCOc3c(Cl)cc(C)cc3Cl)cc2)C2CC2)cc(OCCOC)c1. The van der Waals surface area contributed by atoms with E-state index in [2.05, 4.69) is 22.3 Å². The number of ether oxygens (including phenoxy) is 6. The molecule has 260 valence electrons. The molecule has 0 aromatic heterocycles. The zero-order valence-corrected chi connectivity index (χ0v) is 29.5. The van der Waals surface area contributed by atoms with Crippen molar-refractivity contribution < 1.29 is 33.2 Å². The van der Waals surface area contributed by atoms with E-state index in [1.54, 1.807) is 14.2 Å². The first-order valence-corrected chi connectivity index (χ1v) is 17.3. The van der Waals surface area contributed by atoms with Crippen LogP contribution in [-0.2, 0) is 20.8 Å². The molecule has 1 saturated carbocycles. The number of piperidine rings is 1. The predicted molar refractivity (Wildman–Crippen MR) is 187 cm³/mol. The number of amides is 1. The number of rotatable bonds is 18. The maximum Gasteiger partial charge on any atom is 0.228 e. The minimum absolute atomic E-state index is 0.0971. The summed E-state index contributed by atoms with van der Waals surface area (Å²) < 4.78 is 33.9. The van der Waals surface area contributed by atoms with Crippen LogP contribution in [0.3, 0.4) is 0 Å². The molecule has 1 heterocycles. The fraction of sp³-hybridized carbons (Fsp3) is 0.486. The summed E-state index contributed by atoms with van der Waals surface area (Å²) in [5.74, 6) is 2.66. The van der Waals surface area contributed by atoms with E-state index in [4.69, 9.17) is 51.6 Å². The Hall–Kier alpha value is -3.21. The molecule has 1 N–H and O–H groups in total. The van der Waals surface area contributed by atoms with Crippen molar-refractivity contribution >= 4 is 29.1 Å². The zero-order valence-electron chi connectivity index (χ0n) is 28.0. The fourth-order valence-corrected chi connectivity index (χ4v) is 6.72. The lowest BCUT2D eigenvalue weighted by atomic mass is 9.80. The van der Waals surface area contributed by atoms with Crippen LogP contribution in [0.25, 0.3) is 0 Å². The molecule has 3 aromatic carbocycles. The van der Waals surface area contributed by atoms with Gasteiger partial charge in [0.05, 0.1) is 29.2 Å². The van der Waals surface area contributed by atoms with E-state index >= 15 is 0 Å². The first-order chi connectivity index (χ1) is 23.4. The number of carbonyl (C=O) groups is 1. The van der Waals surface area contributed by atoms with Crippen molar-refractivity contribution in [2.45, 2.75) is 44.7 Å². The summed E-state index contributed by atoms with van der Waals surface area (Å²) in [5.41, 5.74) is 3.07. The number of aryl methyl sites for hydroxylation is 1. The van der Waals surface area contributed by atoms with E-state index in [0.29, 0.717) is 80.0 Å². The molecule has 1 saturated heterocycles. The van der Waals surface area contributed by atoms with Gasteiger partial charge in [-0.25, -0.2) is 0 Å².